The van der Waals surface area contributed by atoms with E-state index in [-0.39, 0.29) is 11.9 Å². The second kappa shape index (κ2) is 8.47. The Morgan fingerprint density at radius 3 is 3.04 bits per heavy atom. The molecule has 7 heteroatoms. The summed E-state index contributed by atoms with van der Waals surface area (Å²) in [5.41, 5.74) is 0. The van der Waals surface area contributed by atoms with E-state index in [0.717, 1.165) is 38.6 Å². The van der Waals surface area contributed by atoms with Crippen molar-refractivity contribution in [1.82, 2.24) is 20.5 Å². The van der Waals surface area contributed by atoms with Crippen LogP contribution in [0, 0.1) is 5.82 Å². The lowest BCUT2D eigenvalue weighted by Gasteiger charge is -2.25. The first-order chi connectivity index (χ1) is 12.2. The number of anilines is 1. The van der Waals surface area contributed by atoms with Crippen molar-refractivity contribution >= 4 is 11.8 Å². The predicted octanol–water partition coefficient (Wildman–Crippen LogP) is 1.45. The molecule has 2 unspecified atom stereocenters. The highest BCUT2D eigenvalue weighted by molar-refractivity contribution is 5.80. The molecule has 2 atom stereocenters. The minimum atomic E-state index is -0.258. The van der Waals surface area contributed by atoms with Crippen LogP contribution in [0.3, 0.4) is 0 Å². The van der Waals surface area contributed by atoms with Crippen molar-refractivity contribution in [2.45, 2.75) is 38.3 Å². The normalized spacial score (nSPS) is 24.8. The number of guanidine groups is 1. The quantitative estimate of drug-likeness (QED) is 0.623. The Kier molecular flexibility index (Phi) is 6.07. The number of aromatic nitrogens is 1. The molecule has 0 bridgehead atoms. The Morgan fingerprint density at radius 1 is 1.40 bits per heavy atom. The van der Waals surface area contributed by atoms with E-state index >= 15 is 0 Å². The van der Waals surface area contributed by atoms with Crippen molar-refractivity contribution in [2.75, 3.05) is 44.7 Å². The standard InChI is InChI=1S/C18H29FN6/c1-3-24-10-5-6-15(24)12-22-18(20-2)23-14-8-11-25(13-14)17-16(19)7-4-9-21-17/h4,7,9,14-15H,3,5-6,8,10-13H2,1-2H3,(H2,20,22,23). The largest absolute Gasteiger partial charge is 0.355 e. The van der Waals surface area contributed by atoms with Gasteiger partial charge in [-0.15, -0.1) is 0 Å². The number of pyridine rings is 1. The van der Waals surface area contributed by atoms with Gasteiger partial charge in [-0.3, -0.25) is 9.89 Å². The third-order valence-corrected chi connectivity index (χ3v) is 5.20. The average molecular weight is 348 g/mol. The van der Waals surface area contributed by atoms with Crippen LogP contribution in [0.25, 0.3) is 0 Å². The lowest BCUT2D eigenvalue weighted by molar-refractivity contribution is 0.267. The van der Waals surface area contributed by atoms with Crippen LogP contribution in [0.5, 0.6) is 0 Å². The second-order valence-electron chi connectivity index (χ2n) is 6.76. The minimum Gasteiger partial charge on any atom is -0.355 e. The topological polar surface area (TPSA) is 55.8 Å². The summed E-state index contributed by atoms with van der Waals surface area (Å²) in [5, 5.41) is 6.93. The van der Waals surface area contributed by atoms with E-state index in [1.54, 1.807) is 19.3 Å². The monoisotopic (exact) mass is 348 g/mol. The summed E-state index contributed by atoms with van der Waals surface area (Å²) < 4.78 is 13.9. The number of halogens is 1. The molecule has 0 aromatic carbocycles. The Labute approximate surface area is 149 Å². The molecule has 25 heavy (non-hydrogen) atoms. The molecule has 2 aliphatic heterocycles. The zero-order valence-electron chi connectivity index (χ0n) is 15.2. The molecule has 3 rings (SSSR count). The molecule has 3 heterocycles. The van der Waals surface area contributed by atoms with Crippen molar-refractivity contribution in [3.63, 3.8) is 0 Å². The van der Waals surface area contributed by atoms with E-state index < -0.39 is 0 Å². The molecule has 6 nitrogen and oxygen atoms in total. The Hall–Kier alpha value is -1.89. The Balaban J connectivity index is 1.49. The molecule has 0 radical (unpaired) electrons. The van der Waals surface area contributed by atoms with Crippen LogP contribution in [0.1, 0.15) is 26.2 Å². The highest BCUT2D eigenvalue weighted by Gasteiger charge is 2.27. The SMILES string of the molecule is CCN1CCCC1CNC(=NC)NC1CCN(c2ncccc2F)C1. The van der Waals surface area contributed by atoms with Gasteiger partial charge in [0, 0.05) is 45.0 Å². The lowest BCUT2D eigenvalue weighted by Crippen LogP contribution is -2.48. The molecule has 1 aromatic rings. The molecule has 2 N–H and O–H groups in total. The first-order valence-corrected chi connectivity index (χ1v) is 9.28. The molecule has 2 fully saturated rings. The number of hydrogen-bond donors (Lipinski definition) is 2. The first kappa shape index (κ1) is 17.9. The van der Waals surface area contributed by atoms with Crippen LogP contribution in [0.15, 0.2) is 23.3 Å². The number of nitrogens with one attached hydrogen (secondary N) is 2. The van der Waals surface area contributed by atoms with Gasteiger partial charge in [0.2, 0.25) is 0 Å². The van der Waals surface area contributed by atoms with E-state index in [9.17, 15) is 4.39 Å². The predicted molar refractivity (Wildman–Crippen MR) is 99.6 cm³/mol. The molecular formula is C18H29FN6. The van der Waals surface area contributed by atoms with Crippen LogP contribution < -0.4 is 15.5 Å². The highest BCUT2D eigenvalue weighted by Crippen LogP contribution is 2.20. The summed E-state index contributed by atoms with van der Waals surface area (Å²) in [5.74, 6) is 1.02. The van der Waals surface area contributed by atoms with Gasteiger partial charge in [-0.25, -0.2) is 9.37 Å². The molecule has 0 amide bonds. The van der Waals surface area contributed by atoms with Crippen molar-refractivity contribution < 1.29 is 4.39 Å². The summed E-state index contributed by atoms with van der Waals surface area (Å²) >= 11 is 0. The van der Waals surface area contributed by atoms with Gasteiger partial charge >= 0.3 is 0 Å². The maximum Gasteiger partial charge on any atom is 0.191 e. The van der Waals surface area contributed by atoms with Gasteiger partial charge in [0.25, 0.3) is 0 Å². The van der Waals surface area contributed by atoms with Crippen LogP contribution in [0.4, 0.5) is 10.2 Å². The molecule has 138 valence electrons. The molecule has 2 aliphatic rings. The van der Waals surface area contributed by atoms with E-state index in [1.807, 2.05) is 4.90 Å². The fraction of sp³-hybridized carbons (Fsp3) is 0.667. The number of nitrogens with zero attached hydrogens (tertiary/aromatic N) is 4. The van der Waals surface area contributed by atoms with Crippen molar-refractivity contribution in [2.24, 2.45) is 4.99 Å². The third kappa shape index (κ3) is 4.39. The van der Waals surface area contributed by atoms with Crippen LogP contribution in [0.2, 0.25) is 0 Å². The summed E-state index contributed by atoms with van der Waals surface area (Å²) in [4.78, 5) is 13.0. The zero-order valence-corrected chi connectivity index (χ0v) is 15.2. The highest BCUT2D eigenvalue weighted by atomic mass is 19.1. The van der Waals surface area contributed by atoms with Gasteiger partial charge in [-0.1, -0.05) is 6.92 Å². The van der Waals surface area contributed by atoms with E-state index in [0.29, 0.717) is 11.9 Å². The molecule has 2 saturated heterocycles. The fourth-order valence-corrected chi connectivity index (χ4v) is 3.83. The van der Waals surface area contributed by atoms with Crippen molar-refractivity contribution in [3.8, 4) is 0 Å². The second-order valence-corrected chi connectivity index (χ2v) is 6.76. The number of hydrogen-bond acceptors (Lipinski definition) is 4. The molecule has 0 saturated carbocycles. The van der Waals surface area contributed by atoms with Gasteiger partial charge < -0.3 is 15.5 Å². The van der Waals surface area contributed by atoms with E-state index in [2.05, 4.69) is 32.4 Å². The third-order valence-electron chi connectivity index (χ3n) is 5.20. The van der Waals surface area contributed by atoms with Gasteiger partial charge in [0.15, 0.2) is 17.6 Å². The van der Waals surface area contributed by atoms with Crippen LogP contribution in [-0.2, 0) is 0 Å². The minimum absolute atomic E-state index is 0.249. The summed E-state index contributed by atoms with van der Waals surface area (Å²) in [6, 6.07) is 3.92. The van der Waals surface area contributed by atoms with Gasteiger partial charge in [0.05, 0.1) is 0 Å². The van der Waals surface area contributed by atoms with Gasteiger partial charge in [0.1, 0.15) is 0 Å². The first-order valence-electron chi connectivity index (χ1n) is 9.28. The van der Waals surface area contributed by atoms with E-state index in [1.165, 1.54) is 25.5 Å². The van der Waals surface area contributed by atoms with Gasteiger partial charge in [-0.05, 0) is 44.5 Å². The summed E-state index contributed by atoms with van der Waals surface area (Å²) in [6.45, 7) is 6.97. The van der Waals surface area contributed by atoms with E-state index in [4.69, 9.17) is 0 Å². The molecular weight excluding hydrogens is 319 g/mol. The smallest absolute Gasteiger partial charge is 0.191 e. The van der Waals surface area contributed by atoms with Crippen molar-refractivity contribution in [1.29, 1.82) is 0 Å². The molecule has 0 spiro atoms. The number of likely N-dealkylation sites (N-methyl/N-ethyl adjacent to an activating group) is 1. The average Bonchev–Trinajstić information content (AvgIpc) is 3.28. The van der Waals surface area contributed by atoms with Gasteiger partial charge in [-0.2, -0.15) is 0 Å². The van der Waals surface area contributed by atoms with Crippen LogP contribution >= 0.6 is 0 Å². The molecule has 1 aromatic heterocycles. The number of likely N-dealkylation sites (tertiary alicyclic amines) is 1. The maximum absolute atomic E-state index is 13.9. The number of aliphatic imine (C=N–C) groups is 1. The zero-order chi connectivity index (χ0) is 17.6. The van der Waals surface area contributed by atoms with Crippen LogP contribution in [-0.4, -0.2) is 67.7 Å². The Bertz CT molecular complexity index is 593. The lowest BCUT2D eigenvalue weighted by atomic mass is 10.2. The number of rotatable bonds is 5. The summed E-state index contributed by atoms with van der Waals surface area (Å²) in [6.07, 6.45) is 5.11. The molecule has 0 aliphatic carbocycles. The van der Waals surface area contributed by atoms with Crippen molar-refractivity contribution in [3.05, 3.63) is 24.1 Å². The fourth-order valence-electron chi connectivity index (χ4n) is 3.83. The summed E-state index contributed by atoms with van der Waals surface area (Å²) in [7, 11) is 1.80. The Morgan fingerprint density at radius 2 is 2.28 bits per heavy atom. The maximum atomic E-state index is 13.9.